The Bertz CT molecular complexity index is 1260. The minimum atomic E-state index is -3.79. The van der Waals surface area contributed by atoms with Crippen LogP contribution in [-0.2, 0) is 14.8 Å². The fourth-order valence-corrected chi connectivity index (χ4v) is 5.13. The third-order valence-electron chi connectivity index (χ3n) is 6.01. The highest BCUT2D eigenvalue weighted by Crippen LogP contribution is 2.23. The summed E-state index contributed by atoms with van der Waals surface area (Å²) in [5.41, 5.74) is 2.56. The highest BCUT2D eigenvalue weighted by Gasteiger charge is 2.24. The van der Waals surface area contributed by atoms with E-state index in [4.69, 9.17) is 4.74 Å². The van der Waals surface area contributed by atoms with E-state index in [2.05, 4.69) is 14.9 Å². The first kappa shape index (κ1) is 24.8. The van der Waals surface area contributed by atoms with E-state index in [0.29, 0.717) is 44.1 Å². The highest BCUT2D eigenvalue weighted by molar-refractivity contribution is 7.92. The normalized spacial score (nSPS) is 15.4. The van der Waals surface area contributed by atoms with Gasteiger partial charge in [0.1, 0.15) is 5.82 Å². The molecule has 1 aliphatic rings. The third-order valence-corrected chi connectivity index (χ3v) is 7.39. The van der Waals surface area contributed by atoms with Gasteiger partial charge in [0.2, 0.25) is 0 Å². The Morgan fingerprint density at radius 3 is 2.31 bits per heavy atom. The summed E-state index contributed by atoms with van der Waals surface area (Å²) in [6.07, 6.45) is 0. The van der Waals surface area contributed by atoms with E-state index in [1.165, 1.54) is 36.4 Å². The van der Waals surface area contributed by atoms with Crippen LogP contribution in [0.15, 0.2) is 77.7 Å². The summed E-state index contributed by atoms with van der Waals surface area (Å²) in [5, 5.41) is 2.93. The van der Waals surface area contributed by atoms with E-state index < -0.39 is 10.0 Å². The molecule has 0 bridgehead atoms. The number of para-hydroxylation sites is 1. The first-order valence-electron chi connectivity index (χ1n) is 11.4. The Labute approximate surface area is 205 Å². The van der Waals surface area contributed by atoms with Gasteiger partial charge in [-0.05, 0) is 60.5 Å². The molecule has 4 rings (SSSR count). The van der Waals surface area contributed by atoms with Crippen LogP contribution in [0.2, 0.25) is 0 Å². The molecule has 1 heterocycles. The molecule has 3 aromatic carbocycles. The molecule has 0 saturated carbocycles. The number of hydrogen-bond donors (Lipinski definition) is 2. The SMILES string of the molecule is Cc1ccccc1NS(=O)(=O)c1ccc(C(=O)NCC(c2ccc(F)cc2)N2CCOCC2)cc1. The minimum Gasteiger partial charge on any atom is -0.379 e. The molecule has 7 nitrogen and oxygen atoms in total. The predicted molar refractivity (Wildman–Crippen MR) is 132 cm³/mol. The lowest BCUT2D eigenvalue weighted by Gasteiger charge is -2.35. The van der Waals surface area contributed by atoms with E-state index in [1.807, 2.05) is 19.1 Å². The number of benzene rings is 3. The van der Waals surface area contributed by atoms with Gasteiger partial charge in [-0.15, -0.1) is 0 Å². The molecular formula is C26H28FN3O4S. The van der Waals surface area contributed by atoms with Crippen molar-refractivity contribution in [3.8, 4) is 0 Å². The number of carbonyl (C=O) groups excluding carboxylic acids is 1. The Hall–Kier alpha value is -3.27. The van der Waals surface area contributed by atoms with Crippen molar-refractivity contribution in [3.63, 3.8) is 0 Å². The smallest absolute Gasteiger partial charge is 0.261 e. The second-order valence-corrected chi connectivity index (χ2v) is 10.1. The highest BCUT2D eigenvalue weighted by atomic mass is 32.2. The minimum absolute atomic E-state index is 0.0646. The van der Waals surface area contributed by atoms with Gasteiger partial charge in [-0.25, -0.2) is 12.8 Å². The van der Waals surface area contributed by atoms with Gasteiger partial charge in [0, 0.05) is 25.2 Å². The number of nitrogens with one attached hydrogen (secondary N) is 2. The standard InChI is InChI=1S/C26H28FN3O4S/c1-19-4-2-3-5-24(19)29-35(32,33)23-12-8-21(9-13-23)26(31)28-18-25(30-14-16-34-17-15-30)20-6-10-22(27)11-7-20/h2-13,25,29H,14-18H2,1H3,(H,28,31). The van der Waals surface area contributed by atoms with Gasteiger partial charge < -0.3 is 10.1 Å². The lowest BCUT2D eigenvalue weighted by atomic mass is 10.0. The molecule has 9 heteroatoms. The van der Waals surface area contributed by atoms with Crippen molar-refractivity contribution in [1.29, 1.82) is 0 Å². The molecule has 1 fully saturated rings. The van der Waals surface area contributed by atoms with Gasteiger partial charge in [0.15, 0.2) is 0 Å². The lowest BCUT2D eigenvalue weighted by Crippen LogP contribution is -2.43. The van der Waals surface area contributed by atoms with Crippen molar-refractivity contribution in [2.75, 3.05) is 37.6 Å². The first-order chi connectivity index (χ1) is 16.8. The molecule has 1 amide bonds. The zero-order valence-corrected chi connectivity index (χ0v) is 20.2. The van der Waals surface area contributed by atoms with Crippen LogP contribution >= 0.6 is 0 Å². The van der Waals surface area contributed by atoms with Crippen LogP contribution in [-0.4, -0.2) is 52.1 Å². The number of halogens is 1. The molecule has 0 spiro atoms. The second kappa shape index (κ2) is 11.0. The molecule has 35 heavy (non-hydrogen) atoms. The van der Waals surface area contributed by atoms with E-state index in [-0.39, 0.29) is 22.7 Å². The summed E-state index contributed by atoms with van der Waals surface area (Å²) in [7, 11) is -3.79. The van der Waals surface area contributed by atoms with Crippen molar-refractivity contribution in [2.45, 2.75) is 17.9 Å². The van der Waals surface area contributed by atoms with E-state index in [0.717, 1.165) is 11.1 Å². The van der Waals surface area contributed by atoms with Crippen LogP contribution in [0.5, 0.6) is 0 Å². The molecule has 1 unspecified atom stereocenters. The second-order valence-electron chi connectivity index (χ2n) is 8.37. The molecule has 2 N–H and O–H groups in total. The number of hydrogen-bond acceptors (Lipinski definition) is 5. The number of amides is 1. The fourth-order valence-electron chi connectivity index (χ4n) is 4.00. The molecule has 0 radical (unpaired) electrons. The Morgan fingerprint density at radius 1 is 1.00 bits per heavy atom. The van der Waals surface area contributed by atoms with Crippen molar-refractivity contribution >= 4 is 21.6 Å². The third kappa shape index (κ3) is 6.25. The summed E-state index contributed by atoms with van der Waals surface area (Å²) in [6.45, 7) is 4.74. The van der Waals surface area contributed by atoms with E-state index >= 15 is 0 Å². The largest absolute Gasteiger partial charge is 0.379 e. The van der Waals surface area contributed by atoms with E-state index in [1.54, 1.807) is 24.3 Å². The number of nitrogens with zero attached hydrogens (tertiary/aromatic N) is 1. The van der Waals surface area contributed by atoms with Crippen LogP contribution in [0.4, 0.5) is 10.1 Å². The average Bonchev–Trinajstić information content (AvgIpc) is 2.87. The molecule has 1 atom stereocenters. The maximum atomic E-state index is 13.4. The Morgan fingerprint density at radius 2 is 1.66 bits per heavy atom. The number of rotatable bonds is 8. The van der Waals surface area contributed by atoms with Crippen LogP contribution in [0.3, 0.4) is 0 Å². The van der Waals surface area contributed by atoms with Gasteiger partial charge in [-0.2, -0.15) is 0 Å². The number of carbonyl (C=O) groups is 1. The fraction of sp³-hybridized carbons (Fsp3) is 0.269. The molecule has 184 valence electrons. The first-order valence-corrected chi connectivity index (χ1v) is 12.9. The van der Waals surface area contributed by atoms with Crippen LogP contribution in [0.25, 0.3) is 0 Å². The zero-order valence-electron chi connectivity index (χ0n) is 19.4. The summed E-state index contributed by atoms with van der Waals surface area (Å²) in [4.78, 5) is 15.1. The Kier molecular flexibility index (Phi) is 7.80. The quantitative estimate of drug-likeness (QED) is 0.495. The summed E-state index contributed by atoms with van der Waals surface area (Å²) >= 11 is 0. The molecular weight excluding hydrogens is 469 g/mol. The summed E-state index contributed by atoms with van der Waals surface area (Å²) in [5.74, 6) is -0.633. The van der Waals surface area contributed by atoms with Crippen molar-refractivity contribution < 1.29 is 22.3 Å². The molecule has 1 saturated heterocycles. The predicted octanol–water partition coefficient (Wildman–Crippen LogP) is 3.74. The number of morpholine rings is 1. The monoisotopic (exact) mass is 497 g/mol. The number of aryl methyl sites for hydroxylation is 1. The Balaban J connectivity index is 1.44. The number of anilines is 1. The number of sulfonamides is 1. The van der Waals surface area contributed by atoms with Gasteiger partial charge in [0.05, 0.1) is 29.8 Å². The molecule has 1 aliphatic heterocycles. The zero-order chi connectivity index (χ0) is 24.8. The average molecular weight is 498 g/mol. The van der Waals surface area contributed by atoms with Crippen LogP contribution in [0, 0.1) is 12.7 Å². The summed E-state index contributed by atoms with van der Waals surface area (Å²) < 4.78 is 47.0. The molecule has 0 aliphatic carbocycles. The van der Waals surface area contributed by atoms with E-state index in [9.17, 15) is 17.6 Å². The topological polar surface area (TPSA) is 87.7 Å². The van der Waals surface area contributed by atoms with Gasteiger partial charge in [0.25, 0.3) is 15.9 Å². The maximum Gasteiger partial charge on any atom is 0.261 e. The lowest BCUT2D eigenvalue weighted by molar-refractivity contribution is 0.0162. The molecule has 3 aromatic rings. The van der Waals surface area contributed by atoms with Crippen molar-refractivity contribution in [1.82, 2.24) is 10.2 Å². The van der Waals surface area contributed by atoms with Crippen LogP contribution < -0.4 is 10.0 Å². The van der Waals surface area contributed by atoms with Gasteiger partial charge in [-0.3, -0.25) is 14.4 Å². The summed E-state index contributed by atoms with van der Waals surface area (Å²) in [6, 6.07) is 19.0. The van der Waals surface area contributed by atoms with Gasteiger partial charge >= 0.3 is 0 Å². The molecule has 0 aromatic heterocycles. The van der Waals surface area contributed by atoms with Crippen molar-refractivity contribution in [3.05, 3.63) is 95.3 Å². The van der Waals surface area contributed by atoms with Gasteiger partial charge in [-0.1, -0.05) is 30.3 Å². The number of ether oxygens (including phenoxy) is 1. The van der Waals surface area contributed by atoms with Crippen molar-refractivity contribution in [2.24, 2.45) is 0 Å². The van der Waals surface area contributed by atoms with Crippen LogP contribution in [0.1, 0.15) is 27.5 Å². The maximum absolute atomic E-state index is 13.4.